The number of hydrogen-bond acceptors (Lipinski definition) is 4. The van der Waals surface area contributed by atoms with Crippen LogP contribution in [0.3, 0.4) is 0 Å². The van der Waals surface area contributed by atoms with Crippen molar-refractivity contribution >= 4 is 0 Å². The predicted octanol–water partition coefficient (Wildman–Crippen LogP) is 2.74. The number of nitrogens with zero attached hydrogens (tertiary/aromatic N) is 2. The third kappa shape index (κ3) is 4.58. The molecule has 1 aromatic carbocycles. The van der Waals surface area contributed by atoms with Crippen LogP contribution in [0, 0.1) is 6.92 Å². The average molecular weight is 289 g/mol. The Morgan fingerprint density at radius 3 is 2.90 bits per heavy atom. The topological polar surface area (TPSA) is 48.3 Å². The van der Waals surface area contributed by atoms with Gasteiger partial charge in [0, 0.05) is 32.3 Å². The lowest BCUT2D eigenvalue weighted by Gasteiger charge is -2.11. The summed E-state index contributed by atoms with van der Waals surface area (Å²) in [5, 5.41) is 7.57. The normalized spacial score (nSPS) is 10.8. The lowest BCUT2D eigenvalue weighted by Crippen LogP contribution is -2.18. The van der Waals surface area contributed by atoms with Gasteiger partial charge >= 0.3 is 0 Å². The highest BCUT2D eigenvalue weighted by Crippen LogP contribution is 2.26. The second-order valence-electron chi connectivity index (χ2n) is 4.91. The summed E-state index contributed by atoms with van der Waals surface area (Å²) in [4.78, 5) is 0. The smallest absolute Gasteiger partial charge is 0.165 e. The van der Waals surface area contributed by atoms with Crippen molar-refractivity contribution in [2.45, 2.75) is 26.9 Å². The molecule has 1 N–H and O–H groups in total. The van der Waals surface area contributed by atoms with E-state index in [0.717, 1.165) is 36.7 Å². The Morgan fingerprint density at radius 1 is 1.33 bits per heavy atom. The largest absolute Gasteiger partial charge is 0.454 e. The molecule has 0 bridgehead atoms. The minimum atomic E-state index is 0.700. The van der Waals surface area contributed by atoms with Crippen molar-refractivity contribution in [3.05, 3.63) is 41.7 Å². The monoisotopic (exact) mass is 289 g/mol. The maximum Gasteiger partial charge on any atom is 0.165 e. The van der Waals surface area contributed by atoms with Crippen LogP contribution in [-0.2, 0) is 17.8 Å². The van der Waals surface area contributed by atoms with Crippen LogP contribution in [0.2, 0.25) is 0 Å². The highest BCUT2D eigenvalue weighted by molar-refractivity contribution is 5.39. The molecular weight excluding hydrogens is 266 g/mol. The van der Waals surface area contributed by atoms with Crippen LogP contribution < -0.4 is 10.1 Å². The summed E-state index contributed by atoms with van der Waals surface area (Å²) in [6.45, 7) is 7.24. The van der Waals surface area contributed by atoms with Crippen molar-refractivity contribution in [1.82, 2.24) is 15.1 Å². The van der Waals surface area contributed by atoms with Crippen molar-refractivity contribution in [1.29, 1.82) is 0 Å². The van der Waals surface area contributed by atoms with Gasteiger partial charge in [0.2, 0.25) is 0 Å². The number of benzene rings is 1. The van der Waals surface area contributed by atoms with Crippen LogP contribution in [0.15, 0.2) is 30.6 Å². The molecule has 2 rings (SSSR count). The third-order valence-corrected chi connectivity index (χ3v) is 3.18. The second kappa shape index (κ2) is 7.81. The van der Waals surface area contributed by atoms with E-state index >= 15 is 0 Å². The van der Waals surface area contributed by atoms with Gasteiger partial charge in [-0.3, -0.25) is 4.68 Å². The van der Waals surface area contributed by atoms with Crippen LogP contribution >= 0.6 is 0 Å². The van der Waals surface area contributed by atoms with E-state index in [0.29, 0.717) is 6.61 Å². The maximum atomic E-state index is 5.95. The van der Waals surface area contributed by atoms with Crippen molar-refractivity contribution in [3.8, 4) is 11.5 Å². The number of methoxy groups -OCH3 is 1. The van der Waals surface area contributed by atoms with Crippen LogP contribution in [0.1, 0.15) is 18.1 Å². The van der Waals surface area contributed by atoms with Gasteiger partial charge in [-0.15, -0.1) is 0 Å². The van der Waals surface area contributed by atoms with E-state index in [2.05, 4.69) is 29.5 Å². The number of ether oxygens (including phenoxy) is 2. The van der Waals surface area contributed by atoms with Crippen molar-refractivity contribution in [2.24, 2.45) is 0 Å². The van der Waals surface area contributed by atoms with E-state index in [1.165, 1.54) is 5.56 Å². The van der Waals surface area contributed by atoms with Gasteiger partial charge in [0.25, 0.3) is 0 Å². The zero-order valence-corrected chi connectivity index (χ0v) is 12.9. The van der Waals surface area contributed by atoms with E-state index in [1.54, 1.807) is 13.3 Å². The number of hydrogen-bond donors (Lipinski definition) is 1. The summed E-state index contributed by atoms with van der Waals surface area (Å²) < 4.78 is 12.8. The molecule has 1 aromatic heterocycles. The molecule has 0 amide bonds. The molecule has 0 spiro atoms. The standard InChI is InChI=1S/C16H23N3O2/c1-4-19-12-15(11-18-19)21-16-6-5-13(2)9-14(16)10-17-7-8-20-3/h5-6,9,11-12,17H,4,7-8,10H2,1-3H3. The fourth-order valence-electron chi connectivity index (χ4n) is 2.04. The highest BCUT2D eigenvalue weighted by atomic mass is 16.5. The summed E-state index contributed by atoms with van der Waals surface area (Å²) in [6.07, 6.45) is 3.65. The molecule has 0 saturated carbocycles. The maximum absolute atomic E-state index is 5.95. The average Bonchev–Trinajstić information content (AvgIpc) is 2.94. The van der Waals surface area contributed by atoms with E-state index in [4.69, 9.17) is 9.47 Å². The Kier molecular flexibility index (Phi) is 5.78. The quantitative estimate of drug-likeness (QED) is 0.759. The van der Waals surface area contributed by atoms with Gasteiger partial charge in [-0.1, -0.05) is 17.7 Å². The first-order valence-electron chi connectivity index (χ1n) is 7.22. The Hall–Kier alpha value is -1.85. The van der Waals surface area contributed by atoms with Gasteiger partial charge < -0.3 is 14.8 Å². The van der Waals surface area contributed by atoms with E-state index in [9.17, 15) is 0 Å². The molecule has 0 aliphatic carbocycles. The lowest BCUT2D eigenvalue weighted by molar-refractivity contribution is 0.199. The Bertz CT molecular complexity index is 566. The number of aryl methyl sites for hydroxylation is 2. The summed E-state index contributed by atoms with van der Waals surface area (Å²) >= 11 is 0. The molecular formula is C16H23N3O2. The third-order valence-electron chi connectivity index (χ3n) is 3.18. The molecule has 0 unspecified atom stereocenters. The molecule has 2 aromatic rings. The van der Waals surface area contributed by atoms with Crippen LogP contribution in [0.25, 0.3) is 0 Å². The van der Waals surface area contributed by atoms with Gasteiger partial charge in [-0.05, 0) is 19.9 Å². The van der Waals surface area contributed by atoms with E-state index in [-0.39, 0.29) is 0 Å². The number of rotatable bonds is 8. The molecule has 0 fully saturated rings. The zero-order valence-electron chi connectivity index (χ0n) is 12.9. The summed E-state index contributed by atoms with van der Waals surface area (Å²) in [7, 11) is 1.70. The Balaban J connectivity index is 2.06. The molecule has 0 radical (unpaired) electrons. The fourth-order valence-corrected chi connectivity index (χ4v) is 2.04. The van der Waals surface area contributed by atoms with Gasteiger partial charge in [0.1, 0.15) is 5.75 Å². The first-order valence-corrected chi connectivity index (χ1v) is 7.22. The summed E-state index contributed by atoms with van der Waals surface area (Å²) in [6, 6.07) is 6.20. The molecule has 21 heavy (non-hydrogen) atoms. The molecule has 0 atom stereocenters. The van der Waals surface area contributed by atoms with E-state index in [1.807, 2.05) is 23.9 Å². The molecule has 114 valence electrons. The second-order valence-corrected chi connectivity index (χ2v) is 4.91. The number of nitrogens with one attached hydrogen (secondary N) is 1. The van der Waals surface area contributed by atoms with Crippen molar-refractivity contribution in [2.75, 3.05) is 20.3 Å². The molecule has 0 aliphatic rings. The van der Waals surface area contributed by atoms with Gasteiger partial charge in [0.15, 0.2) is 5.75 Å². The Morgan fingerprint density at radius 2 is 2.19 bits per heavy atom. The van der Waals surface area contributed by atoms with Crippen molar-refractivity contribution < 1.29 is 9.47 Å². The fraction of sp³-hybridized carbons (Fsp3) is 0.438. The molecule has 0 aliphatic heterocycles. The summed E-state index contributed by atoms with van der Waals surface area (Å²) in [5.74, 6) is 1.63. The van der Waals surface area contributed by atoms with Crippen molar-refractivity contribution in [3.63, 3.8) is 0 Å². The minimum Gasteiger partial charge on any atom is -0.454 e. The molecule has 0 saturated heterocycles. The van der Waals surface area contributed by atoms with Crippen LogP contribution in [-0.4, -0.2) is 30.0 Å². The lowest BCUT2D eigenvalue weighted by atomic mass is 10.1. The van der Waals surface area contributed by atoms with Crippen LogP contribution in [0.5, 0.6) is 11.5 Å². The number of aromatic nitrogens is 2. The Labute approximate surface area is 125 Å². The highest BCUT2D eigenvalue weighted by Gasteiger charge is 2.07. The van der Waals surface area contributed by atoms with Crippen LogP contribution in [0.4, 0.5) is 0 Å². The molecule has 1 heterocycles. The minimum absolute atomic E-state index is 0.700. The van der Waals surface area contributed by atoms with Gasteiger partial charge in [0.05, 0.1) is 19.0 Å². The molecule has 5 heteroatoms. The zero-order chi connectivity index (χ0) is 15.1. The van der Waals surface area contributed by atoms with E-state index < -0.39 is 0 Å². The first-order chi connectivity index (χ1) is 10.2. The van der Waals surface area contributed by atoms with Gasteiger partial charge in [-0.25, -0.2) is 0 Å². The first kappa shape index (κ1) is 15.5. The van der Waals surface area contributed by atoms with Gasteiger partial charge in [-0.2, -0.15) is 5.10 Å². The molecule has 5 nitrogen and oxygen atoms in total. The summed E-state index contributed by atoms with van der Waals surface area (Å²) in [5.41, 5.74) is 2.35. The predicted molar refractivity (Wildman–Crippen MR) is 82.7 cm³/mol. The SMILES string of the molecule is CCn1cc(Oc2ccc(C)cc2CNCCOC)cn1.